The van der Waals surface area contributed by atoms with Crippen LogP contribution in [-0.4, -0.2) is 17.4 Å². The molecule has 0 atom stereocenters. The Labute approximate surface area is 108 Å². The van der Waals surface area contributed by atoms with E-state index in [-0.39, 0.29) is 10.0 Å². The van der Waals surface area contributed by atoms with E-state index >= 15 is 0 Å². The molecule has 0 radical (unpaired) electrons. The van der Waals surface area contributed by atoms with Gasteiger partial charge in [-0.25, -0.2) is 10.2 Å². The topological polar surface area (TPSA) is 87.7 Å². The number of benzene rings is 1. The Hall–Kier alpha value is -1.77. The number of alkyl halides is 3. The molecule has 0 aromatic heterocycles. The standard InChI is InChI=1S/C9H7BrF3N3O2/c10-5-1-4(3-15-16-8(14)18)7(17)6(2-5)9(11,12)13/h1-3,17H,(H3,14,16,18). The molecule has 0 aliphatic carbocycles. The van der Waals surface area contributed by atoms with E-state index in [9.17, 15) is 23.1 Å². The number of phenolic OH excluding ortho intramolecular Hbond substituents is 1. The second-order valence-electron chi connectivity index (χ2n) is 3.12. The van der Waals surface area contributed by atoms with Crippen molar-refractivity contribution in [2.45, 2.75) is 6.18 Å². The molecule has 0 aliphatic rings. The molecule has 0 heterocycles. The van der Waals surface area contributed by atoms with Gasteiger partial charge in [-0.1, -0.05) is 15.9 Å². The van der Waals surface area contributed by atoms with Gasteiger partial charge >= 0.3 is 12.2 Å². The number of amides is 2. The molecule has 1 aromatic rings. The van der Waals surface area contributed by atoms with Crippen LogP contribution in [0.3, 0.4) is 0 Å². The number of phenols is 1. The number of hydrogen-bond acceptors (Lipinski definition) is 3. The summed E-state index contributed by atoms with van der Waals surface area (Å²) in [5, 5.41) is 12.7. The lowest BCUT2D eigenvalue weighted by molar-refractivity contribution is -0.138. The van der Waals surface area contributed by atoms with Gasteiger partial charge in [0.15, 0.2) is 0 Å². The maximum atomic E-state index is 12.5. The maximum Gasteiger partial charge on any atom is 0.420 e. The summed E-state index contributed by atoms with van der Waals surface area (Å²) in [7, 11) is 0. The van der Waals surface area contributed by atoms with Crippen LogP contribution >= 0.6 is 15.9 Å². The molecule has 5 nitrogen and oxygen atoms in total. The molecule has 98 valence electrons. The minimum absolute atomic E-state index is 0.105. The highest BCUT2D eigenvalue weighted by atomic mass is 79.9. The van der Waals surface area contributed by atoms with E-state index in [1.54, 1.807) is 5.43 Å². The number of aromatic hydroxyl groups is 1. The number of rotatable bonds is 2. The number of nitrogens with two attached hydrogens (primary N) is 1. The third-order valence-corrected chi connectivity index (χ3v) is 2.25. The van der Waals surface area contributed by atoms with Crippen molar-refractivity contribution in [2.24, 2.45) is 10.8 Å². The lowest BCUT2D eigenvalue weighted by Crippen LogP contribution is -2.24. The molecule has 0 saturated carbocycles. The van der Waals surface area contributed by atoms with Crippen molar-refractivity contribution in [3.63, 3.8) is 0 Å². The molecule has 0 fully saturated rings. The first-order valence-electron chi connectivity index (χ1n) is 4.40. The second-order valence-corrected chi connectivity index (χ2v) is 4.04. The normalized spacial score (nSPS) is 11.8. The van der Waals surface area contributed by atoms with Gasteiger partial charge in [-0.15, -0.1) is 0 Å². The first-order valence-corrected chi connectivity index (χ1v) is 5.19. The zero-order valence-electron chi connectivity index (χ0n) is 8.62. The number of primary amides is 1. The molecule has 0 aliphatic heterocycles. The van der Waals surface area contributed by atoms with Gasteiger partial charge in [-0.05, 0) is 12.1 Å². The summed E-state index contributed by atoms with van der Waals surface area (Å²) in [6.45, 7) is 0. The maximum absolute atomic E-state index is 12.5. The summed E-state index contributed by atoms with van der Waals surface area (Å²) < 4.78 is 37.7. The summed E-state index contributed by atoms with van der Waals surface area (Å²) >= 11 is 2.88. The Balaban J connectivity index is 3.17. The van der Waals surface area contributed by atoms with Gasteiger partial charge < -0.3 is 10.8 Å². The van der Waals surface area contributed by atoms with Crippen molar-refractivity contribution in [3.05, 3.63) is 27.7 Å². The van der Waals surface area contributed by atoms with Gasteiger partial charge in [0.05, 0.1) is 11.8 Å². The molecule has 9 heteroatoms. The highest BCUT2D eigenvalue weighted by Gasteiger charge is 2.35. The fourth-order valence-corrected chi connectivity index (χ4v) is 1.58. The minimum Gasteiger partial charge on any atom is -0.507 e. The minimum atomic E-state index is -4.70. The molecule has 4 N–H and O–H groups in total. The van der Waals surface area contributed by atoms with Crippen LogP contribution in [0.25, 0.3) is 0 Å². The third kappa shape index (κ3) is 3.62. The molecular weight excluding hydrogens is 319 g/mol. The highest BCUT2D eigenvalue weighted by Crippen LogP contribution is 2.38. The fourth-order valence-electron chi connectivity index (χ4n) is 1.10. The monoisotopic (exact) mass is 325 g/mol. The predicted molar refractivity (Wildman–Crippen MR) is 61.1 cm³/mol. The van der Waals surface area contributed by atoms with E-state index < -0.39 is 23.5 Å². The molecule has 1 rings (SSSR count). The van der Waals surface area contributed by atoms with Gasteiger partial charge in [0.2, 0.25) is 0 Å². The van der Waals surface area contributed by atoms with E-state index in [0.29, 0.717) is 0 Å². The fraction of sp³-hybridized carbons (Fsp3) is 0.111. The van der Waals surface area contributed by atoms with E-state index in [4.69, 9.17) is 5.73 Å². The Bertz CT molecular complexity index is 503. The average molecular weight is 326 g/mol. The number of halogens is 4. The number of nitrogens with zero attached hydrogens (tertiary/aromatic N) is 1. The van der Waals surface area contributed by atoms with E-state index in [2.05, 4.69) is 21.0 Å². The van der Waals surface area contributed by atoms with Crippen LogP contribution in [0.15, 0.2) is 21.7 Å². The molecule has 0 bridgehead atoms. The third-order valence-electron chi connectivity index (χ3n) is 1.79. The second kappa shape index (κ2) is 5.25. The van der Waals surface area contributed by atoms with Crippen molar-refractivity contribution < 1.29 is 23.1 Å². The number of urea groups is 1. The van der Waals surface area contributed by atoms with Gasteiger partial charge in [-0.3, -0.25) is 0 Å². The van der Waals surface area contributed by atoms with Crippen molar-refractivity contribution in [1.29, 1.82) is 0 Å². The van der Waals surface area contributed by atoms with Crippen LogP contribution in [0.4, 0.5) is 18.0 Å². The lowest BCUT2D eigenvalue weighted by Gasteiger charge is -2.11. The number of carbonyl (C=O) groups is 1. The number of carbonyl (C=O) groups excluding carboxylic acids is 1. The predicted octanol–water partition coefficient (Wildman–Crippen LogP) is 2.18. The Morgan fingerprint density at radius 2 is 2.11 bits per heavy atom. The van der Waals surface area contributed by atoms with Gasteiger partial charge in [0.25, 0.3) is 0 Å². The summed E-state index contributed by atoms with van der Waals surface area (Å²) in [4.78, 5) is 10.3. The van der Waals surface area contributed by atoms with Crippen LogP contribution in [-0.2, 0) is 6.18 Å². The van der Waals surface area contributed by atoms with Crippen LogP contribution in [0.1, 0.15) is 11.1 Å². The quantitative estimate of drug-likeness (QED) is 0.574. The molecule has 1 aromatic carbocycles. The Morgan fingerprint density at radius 1 is 1.50 bits per heavy atom. The van der Waals surface area contributed by atoms with Gasteiger partial charge in [-0.2, -0.15) is 18.3 Å². The van der Waals surface area contributed by atoms with Crippen molar-refractivity contribution in [2.75, 3.05) is 0 Å². The largest absolute Gasteiger partial charge is 0.507 e. The zero-order valence-corrected chi connectivity index (χ0v) is 10.2. The first kappa shape index (κ1) is 14.3. The van der Waals surface area contributed by atoms with Gasteiger partial charge in [0, 0.05) is 10.0 Å². The van der Waals surface area contributed by atoms with Crippen molar-refractivity contribution in [3.8, 4) is 5.75 Å². The smallest absolute Gasteiger partial charge is 0.420 e. The number of nitrogens with one attached hydrogen (secondary N) is 1. The Kier molecular flexibility index (Phi) is 4.17. The molecule has 0 saturated heterocycles. The molecule has 18 heavy (non-hydrogen) atoms. The summed E-state index contributed by atoms with van der Waals surface area (Å²) in [6, 6.07) is 0.960. The summed E-state index contributed by atoms with van der Waals surface area (Å²) in [5.41, 5.74) is 5.08. The van der Waals surface area contributed by atoms with Gasteiger partial charge in [0.1, 0.15) is 5.75 Å². The highest BCUT2D eigenvalue weighted by molar-refractivity contribution is 9.10. The Morgan fingerprint density at radius 3 is 2.61 bits per heavy atom. The van der Waals surface area contributed by atoms with E-state index in [1.165, 1.54) is 6.07 Å². The number of hydrazone groups is 1. The molecule has 0 spiro atoms. The van der Waals surface area contributed by atoms with Crippen LogP contribution < -0.4 is 11.2 Å². The number of hydrogen-bond donors (Lipinski definition) is 3. The van der Waals surface area contributed by atoms with Crippen LogP contribution in [0, 0.1) is 0 Å². The van der Waals surface area contributed by atoms with Crippen molar-refractivity contribution in [1.82, 2.24) is 5.43 Å². The van der Waals surface area contributed by atoms with Crippen molar-refractivity contribution >= 4 is 28.2 Å². The molecular formula is C9H7BrF3N3O2. The SMILES string of the molecule is NC(=O)NN=Cc1cc(Br)cc(C(F)(F)F)c1O. The van der Waals surface area contributed by atoms with E-state index in [1.807, 2.05) is 0 Å². The zero-order chi connectivity index (χ0) is 13.9. The average Bonchev–Trinajstić information content (AvgIpc) is 2.20. The van der Waals surface area contributed by atoms with Crippen LogP contribution in [0.5, 0.6) is 5.75 Å². The first-order chi connectivity index (χ1) is 8.21. The molecule has 2 amide bonds. The summed E-state index contributed by atoms with van der Waals surface area (Å²) in [5.74, 6) is -0.985. The summed E-state index contributed by atoms with van der Waals surface area (Å²) in [6.07, 6.45) is -3.85. The lowest BCUT2D eigenvalue weighted by atomic mass is 10.1. The molecule has 0 unspecified atom stereocenters. The van der Waals surface area contributed by atoms with E-state index in [0.717, 1.165) is 12.3 Å². The van der Waals surface area contributed by atoms with Crippen LogP contribution in [0.2, 0.25) is 0 Å².